The monoisotopic (exact) mass is 657 g/mol. The van der Waals surface area contributed by atoms with Crippen LogP contribution in [0.2, 0.25) is 0 Å². The fraction of sp³-hybridized carbons (Fsp3) is 0.806. The van der Waals surface area contributed by atoms with Crippen LogP contribution in [0.5, 0.6) is 0 Å². The van der Waals surface area contributed by atoms with Gasteiger partial charge in [0.2, 0.25) is 0 Å². The molecule has 264 valence electrons. The molecule has 1 aromatic heterocycles. The van der Waals surface area contributed by atoms with E-state index in [2.05, 4.69) is 21.3 Å². The first-order valence-electron chi connectivity index (χ1n) is 18.5. The van der Waals surface area contributed by atoms with Crippen LogP contribution in [0.4, 0.5) is 0 Å². The number of pyridine rings is 1. The number of carbonyl (C=O) groups excluding carboxylic acids is 2. The molecule has 4 atom stereocenters. The lowest BCUT2D eigenvalue weighted by Gasteiger charge is -2.34. The van der Waals surface area contributed by atoms with Crippen LogP contribution in [-0.2, 0) is 32.0 Å². The number of nitrogens with one attached hydrogen (secondary N) is 4. The van der Waals surface area contributed by atoms with Gasteiger partial charge in [0.15, 0.2) is 0 Å². The van der Waals surface area contributed by atoms with E-state index in [0.717, 1.165) is 76.4 Å². The summed E-state index contributed by atoms with van der Waals surface area (Å²) >= 11 is 0. The van der Waals surface area contributed by atoms with E-state index >= 15 is 0 Å². The molecule has 0 radical (unpaired) electrons. The van der Waals surface area contributed by atoms with Crippen molar-refractivity contribution in [2.75, 3.05) is 53.2 Å². The molecule has 0 spiro atoms. The minimum Gasteiger partial charge on any atom is -0.460 e. The van der Waals surface area contributed by atoms with E-state index in [0.29, 0.717) is 67.5 Å². The number of fused-ring (bicyclic) bond motifs is 4. The second-order valence-electron chi connectivity index (χ2n) is 13.6. The molecule has 4 N–H and O–H groups in total. The molecule has 0 aromatic carbocycles. The lowest BCUT2D eigenvalue weighted by atomic mass is 9.79. The van der Waals surface area contributed by atoms with Gasteiger partial charge in [-0.1, -0.05) is 44.9 Å². The van der Waals surface area contributed by atoms with Gasteiger partial charge in [-0.3, -0.25) is 4.98 Å². The molecule has 11 heteroatoms. The lowest BCUT2D eigenvalue weighted by molar-refractivity contribution is 0.0330. The number of carbonyl (C=O) groups is 2. The molecule has 11 nitrogen and oxygen atoms in total. The molecule has 3 fully saturated rings. The molecule has 0 amide bonds. The molecule has 47 heavy (non-hydrogen) atoms. The molecule has 3 saturated carbocycles. The SMILES string of the molecule is CCOCCOC(=O)c1c2nc(c(C(=O)OCCOC)c1C1CCCCC1)CN[C@@H]1CCCC[C@H]1NCCN[C@@H]1CCCC[C@H]1NC2. The van der Waals surface area contributed by atoms with Gasteiger partial charge in [-0.15, -0.1) is 0 Å². The molecule has 5 rings (SSSR count). The van der Waals surface area contributed by atoms with Gasteiger partial charge in [0, 0.05) is 64.1 Å². The topological polar surface area (TPSA) is 132 Å². The first-order chi connectivity index (χ1) is 23.1. The highest BCUT2D eigenvalue weighted by Gasteiger charge is 2.35. The Morgan fingerprint density at radius 3 is 1.60 bits per heavy atom. The summed E-state index contributed by atoms with van der Waals surface area (Å²) in [5.74, 6) is -0.839. The van der Waals surface area contributed by atoms with Crippen molar-refractivity contribution < 1.29 is 28.5 Å². The minimum atomic E-state index is -0.442. The second-order valence-corrected chi connectivity index (χ2v) is 13.6. The zero-order valence-electron chi connectivity index (χ0n) is 28.8. The molecular weight excluding hydrogens is 598 g/mol. The van der Waals surface area contributed by atoms with E-state index in [1.165, 1.54) is 25.7 Å². The van der Waals surface area contributed by atoms with Crippen molar-refractivity contribution in [1.29, 1.82) is 0 Å². The van der Waals surface area contributed by atoms with Gasteiger partial charge in [0.25, 0.3) is 0 Å². The summed E-state index contributed by atoms with van der Waals surface area (Å²) in [7, 11) is 1.59. The molecule has 1 aromatic rings. The Balaban J connectivity index is 1.61. The zero-order chi connectivity index (χ0) is 32.8. The molecule has 4 aliphatic rings. The van der Waals surface area contributed by atoms with E-state index in [4.69, 9.17) is 23.9 Å². The number of aromatic nitrogens is 1. The molecule has 2 heterocycles. The average Bonchev–Trinajstić information content (AvgIpc) is 3.10. The Morgan fingerprint density at radius 2 is 1.11 bits per heavy atom. The average molecular weight is 658 g/mol. The van der Waals surface area contributed by atoms with Crippen molar-refractivity contribution >= 4 is 11.9 Å². The number of methoxy groups -OCH3 is 1. The molecule has 0 unspecified atom stereocenters. The van der Waals surface area contributed by atoms with Crippen molar-refractivity contribution in [2.24, 2.45) is 0 Å². The number of esters is 2. The number of hydrogen-bond acceptors (Lipinski definition) is 11. The minimum absolute atomic E-state index is 0.0407. The Hall–Kier alpha value is -2.15. The van der Waals surface area contributed by atoms with Crippen molar-refractivity contribution in [3.8, 4) is 0 Å². The third-order valence-electron chi connectivity index (χ3n) is 10.5. The van der Waals surface area contributed by atoms with E-state index in [1.54, 1.807) is 7.11 Å². The van der Waals surface area contributed by atoms with Crippen LogP contribution in [0, 0.1) is 0 Å². The smallest absolute Gasteiger partial charge is 0.340 e. The number of hydrogen-bond donors (Lipinski definition) is 4. The third-order valence-corrected chi connectivity index (χ3v) is 10.5. The lowest BCUT2D eigenvalue weighted by Crippen LogP contribution is -2.53. The summed E-state index contributed by atoms with van der Waals surface area (Å²) in [5.41, 5.74) is 2.95. The summed E-state index contributed by atoms with van der Waals surface area (Å²) in [5, 5.41) is 15.3. The summed E-state index contributed by atoms with van der Waals surface area (Å²) in [6.07, 6.45) is 14.2. The van der Waals surface area contributed by atoms with Gasteiger partial charge >= 0.3 is 11.9 Å². The molecule has 3 aliphatic carbocycles. The summed E-state index contributed by atoms with van der Waals surface area (Å²) in [4.78, 5) is 33.5. The van der Waals surface area contributed by atoms with Crippen LogP contribution in [0.15, 0.2) is 0 Å². The highest BCUT2D eigenvalue weighted by molar-refractivity contribution is 6.00. The van der Waals surface area contributed by atoms with Crippen LogP contribution in [-0.4, -0.2) is 94.3 Å². The van der Waals surface area contributed by atoms with Crippen molar-refractivity contribution in [1.82, 2.24) is 26.3 Å². The molecule has 1 aliphatic heterocycles. The largest absolute Gasteiger partial charge is 0.460 e. The number of rotatable bonds is 10. The maximum Gasteiger partial charge on any atom is 0.340 e. The standard InChI is InChI=1S/C36H59N5O6/c1-3-45-20-22-47-36(43)34-31-24-40-29-16-10-8-14-27(29)38-18-17-37-26-13-7-9-15-28(26)39-23-30(41-31)33(35(42)46-21-19-44-2)32(34)25-11-5-4-6-12-25/h25-29,37-40H,3-24H2,1-2H3/t26-,27-,28-,29-/m1/s1. The van der Waals surface area contributed by atoms with Gasteiger partial charge in [0.05, 0.1) is 35.7 Å². The van der Waals surface area contributed by atoms with Crippen LogP contribution >= 0.6 is 0 Å². The molecule has 0 saturated heterocycles. The van der Waals surface area contributed by atoms with Crippen molar-refractivity contribution in [2.45, 2.75) is 134 Å². The first kappa shape index (κ1) is 36.1. The predicted molar refractivity (Wildman–Crippen MR) is 181 cm³/mol. The maximum atomic E-state index is 14.2. The Labute approximate surface area is 281 Å². The van der Waals surface area contributed by atoms with Crippen LogP contribution < -0.4 is 21.3 Å². The van der Waals surface area contributed by atoms with Gasteiger partial charge in [-0.25, -0.2) is 9.59 Å². The fourth-order valence-electron chi connectivity index (χ4n) is 8.13. The fourth-order valence-corrected chi connectivity index (χ4v) is 8.13. The normalized spacial score (nSPS) is 26.3. The third kappa shape index (κ3) is 9.95. The quantitative estimate of drug-likeness (QED) is 0.214. The van der Waals surface area contributed by atoms with E-state index in [9.17, 15) is 9.59 Å². The highest BCUT2D eigenvalue weighted by Crippen LogP contribution is 2.39. The summed E-state index contributed by atoms with van der Waals surface area (Å²) in [6, 6.07) is 1.23. The van der Waals surface area contributed by atoms with Crippen molar-refractivity contribution in [3.05, 3.63) is 28.1 Å². The molecular formula is C36H59N5O6. The van der Waals surface area contributed by atoms with E-state index in [1.807, 2.05) is 6.92 Å². The van der Waals surface area contributed by atoms with Gasteiger partial charge in [-0.2, -0.15) is 0 Å². The summed E-state index contributed by atoms with van der Waals surface area (Å²) in [6.45, 7) is 6.05. The van der Waals surface area contributed by atoms with Gasteiger partial charge < -0.3 is 40.2 Å². The highest BCUT2D eigenvalue weighted by atomic mass is 16.6. The molecule has 2 bridgehead atoms. The van der Waals surface area contributed by atoms with Crippen LogP contribution in [0.3, 0.4) is 0 Å². The van der Waals surface area contributed by atoms with E-state index < -0.39 is 11.9 Å². The van der Waals surface area contributed by atoms with E-state index in [-0.39, 0.29) is 31.2 Å². The van der Waals surface area contributed by atoms with Crippen molar-refractivity contribution in [3.63, 3.8) is 0 Å². The second kappa shape index (κ2) is 19.1. The Bertz CT molecular complexity index is 1150. The first-order valence-corrected chi connectivity index (χ1v) is 18.5. The maximum absolute atomic E-state index is 14.2. The zero-order valence-corrected chi connectivity index (χ0v) is 28.8. The Kier molecular flexibility index (Phi) is 14.7. The van der Waals surface area contributed by atoms with Crippen LogP contribution in [0.1, 0.15) is 134 Å². The van der Waals surface area contributed by atoms with Gasteiger partial charge in [-0.05, 0) is 56.9 Å². The number of ether oxygens (including phenoxy) is 4. The van der Waals surface area contributed by atoms with Crippen LogP contribution in [0.25, 0.3) is 0 Å². The number of nitrogens with zero attached hydrogens (tertiary/aromatic N) is 1. The Morgan fingerprint density at radius 1 is 0.638 bits per heavy atom. The predicted octanol–water partition coefficient (Wildman–Crippen LogP) is 4.12. The van der Waals surface area contributed by atoms with Gasteiger partial charge in [0.1, 0.15) is 13.2 Å². The summed E-state index contributed by atoms with van der Waals surface area (Å²) < 4.78 is 22.4.